The van der Waals surface area contributed by atoms with Crippen LogP contribution in [0.2, 0.25) is 0 Å². The molecule has 1 unspecified atom stereocenters. The van der Waals surface area contributed by atoms with E-state index < -0.39 is 34.1 Å². The number of aliphatic hydroxyl groups is 1. The highest BCUT2D eigenvalue weighted by molar-refractivity contribution is 7.92. The van der Waals surface area contributed by atoms with Crippen LogP contribution in [0.5, 0.6) is 0 Å². The van der Waals surface area contributed by atoms with Crippen LogP contribution in [-0.4, -0.2) is 41.7 Å². The number of aliphatic hydroxyl groups excluding tert-OH is 1. The van der Waals surface area contributed by atoms with E-state index in [2.05, 4.69) is 0 Å². The van der Waals surface area contributed by atoms with Gasteiger partial charge in [-0.05, 0) is 12.8 Å². The molecule has 0 aromatic carbocycles. The Morgan fingerprint density at radius 1 is 1.33 bits per heavy atom. The summed E-state index contributed by atoms with van der Waals surface area (Å²) in [6.45, 7) is 0. The van der Waals surface area contributed by atoms with Crippen LogP contribution >= 0.6 is 0 Å². The van der Waals surface area contributed by atoms with Crippen molar-refractivity contribution in [2.75, 3.05) is 5.75 Å². The van der Waals surface area contributed by atoms with Gasteiger partial charge in [0.2, 0.25) is 0 Å². The Morgan fingerprint density at radius 3 is 2.33 bits per heavy atom. The molecule has 1 rings (SSSR count). The topological polar surface area (TPSA) is 91.7 Å². The maximum atomic E-state index is 11.7. The molecular formula is C9H16O5S. The second-order valence-electron chi connectivity index (χ2n) is 3.99. The first kappa shape index (κ1) is 12.4. The fraction of sp³-hybridized carbons (Fsp3) is 0.889. The van der Waals surface area contributed by atoms with Crippen LogP contribution in [0.15, 0.2) is 0 Å². The summed E-state index contributed by atoms with van der Waals surface area (Å²) in [4.78, 5) is 10.3. The van der Waals surface area contributed by atoms with Gasteiger partial charge in [0.25, 0.3) is 0 Å². The van der Waals surface area contributed by atoms with Crippen molar-refractivity contribution in [1.29, 1.82) is 0 Å². The number of hydrogen-bond donors (Lipinski definition) is 2. The molecule has 1 fully saturated rings. The molecule has 15 heavy (non-hydrogen) atoms. The highest BCUT2D eigenvalue weighted by Crippen LogP contribution is 2.25. The molecule has 6 heteroatoms. The van der Waals surface area contributed by atoms with Crippen LogP contribution in [0.1, 0.15) is 32.1 Å². The van der Waals surface area contributed by atoms with E-state index >= 15 is 0 Å². The number of rotatable bonds is 5. The number of carbonyl (C=O) groups is 1. The lowest BCUT2D eigenvalue weighted by Gasteiger charge is -2.13. The van der Waals surface area contributed by atoms with Crippen molar-refractivity contribution in [1.82, 2.24) is 0 Å². The smallest absolute Gasteiger partial charge is 0.306 e. The Labute approximate surface area is 89.0 Å². The lowest BCUT2D eigenvalue weighted by molar-refractivity contribution is -0.138. The molecule has 0 heterocycles. The summed E-state index contributed by atoms with van der Waals surface area (Å²) < 4.78 is 23.3. The van der Waals surface area contributed by atoms with E-state index in [1.807, 2.05) is 0 Å². The molecule has 1 saturated carbocycles. The number of sulfone groups is 1. The number of carboxylic acids is 1. The van der Waals surface area contributed by atoms with E-state index in [4.69, 9.17) is 5.11 Å². The summed E-state index contributed by atoms with van der Waals surface area (Å²) in [5.41, 5.74) is 0. The molecule has 0 amide bonds. The fourth-order valence-electron chi connectivity index (χ4n) is 1.91. The summed E-state index contributed by atoms with van der Waals surface area (Å²) in [6.07, 6.45) is 1.29. The third-order valence-corrected chi connectivity index (χ3v) is 4.98. The van der Waals surface area contributed by atoms with Crippen LogP contribution in [0.4, 0.5) is 0 Å². The average Bonchev–Trinajstić information content (AvgIpc) is 2.51. The minimum atomic E-state index is -3.32. The molecule has 0 aromatic rings. The largest absolute Gasteiger partial charge is 0.481 e. The van der Waals surface area contributed by atoms with E-state index in [1.54, 1.807) is 0 Å². The molecule has 0 radical (unpaired) electrons. The summed E-state index contributed by atoms with van der Waals surface area (Å²) in [7, 11) is -3.32. The van der Waals surface area contributed by atoms with Crippen molar-refractivity contribution >= 4 is 15.8 Å². The standard InChI is InChI=1S/C9H16O5S/c10-7(5-9(11)12)6-15(13,14)8-3-1-2-4-8/h7-8,10H,1-6H2,(H,11,12). The monoisotopic (exact) mass is 236 g/mol. The van der Waals surface area contributed by atoms with Crippen LogP contribution in [0.3, 0.4) is 0 Å². The maximum Gasteiger partial charge on any atom is 0.306 e. The van der Waals surface area contributed by atoms with Gasteiger partial charge in [-0.15, -0.1) is 0 Å². The molecule has 0 saturated heterocycles. The Morgan fingerprint density at radius 2 is 1.87 bits per heavy atom. The van der Waals surface area contributed by atoms with Crippen molar-refractivity contribution in [3.63, 3.8) is 0 Å². The predicted molar refractivity (Wildman–Crippen MR) is 54.3 cm³/mol. The Hall–Kier alpha value is -0.620. The van der Waals surface area contributed by atoms with Gasteiger partial charge in [0.15, 0.2) is 9.84 Å². The van der Waals surface area contributed by atoms with E-state index in [1.165, 1.54) is 0 Å². The van der Waals surface area contributed by atoms with E-state index in [9.17, 15) is 18.3 Å². The zero-order valence-corrected chi connectivity index (χ0v) is 9.24. The van der Waals surface area contributed by atoms with Crippen LogP contribution in [-0.2, 0) is 14.6 Å². The maximum absolute atomic E-state index is 11.7. The van der Waals surface area contributed by atoms with E-state index in [0.717, 1.165) is 12.8 Å². The molecule has 0 spiro atoms. The van der Waals surface area contributed by atoms with Gasteiger partial charge in [-0.3, -0.25) is 4.79 Å². The van der Waals surface area contributed by atoms with Crippen molar-refractivity contribution in [2.45, 2.75) is 43.5 Å². The fourth-order valence-corrected chi connectivity index (χ4v) is 3.89. The lowest BCUT2D eigenvalue weighted by Crippen LogP contribution is -2.29. The van der Waals surface area contributed by atoms with Gasteiger partial charge in [0.05, 0.1) is 23.5 Å². The van der Waals surface area contributed by atoms with Crippen molar-refractivity contribution in [3.05, 3.63) is 0 Å². The number of hydrogen-bond acceptors (Lipinski definition) is 4. The van der Waals surface area contributed by atoms with Crippen molar-refractivity contribution in [2.24, 2.45) is 0 Å². The van der Waals surface area contributed by atoms with Gasteiger partial charge < -0.3 is 10.2 Å². The highest BCUT2D eigenvalue weighted by atomic mass is 32.2. The molecule has 0 aromatic heterocycles. The van der Waals surface area contributed by atoms with Gasteiger partial charge in [0, 0.05) is 0 Å². The van der Waals surface area contributed by atoms with Crippen LogP contribution in [0, 0.1) is 0 Å². The molecule has 2 N–H and O–H groups in total. The minimum Gasteiger partial charge on any atom is -0.481 e. The Kier molecular flexibility index (Phi) is 4.10. The normalized spacial score (nSPS) is 20.3. The SMILES string of the molecule is O=C(O)CC(O)CS(=O)(=O)C1CCCC1. The van der Waals surface area contributed by atoms with Gasteiger partial charge in [-0.2, -0.15) is 0 Å². The van der Waals surface area contributed by atoms with Crippen LogP contribution < -0.4 is 0 Å². The van der Waals surface area contributed by atoms with Gasteiger partial charge in [-0.25, -0.2) is 8.42 Å². The molecule has 1 atom stereocenters. The molecule has 1 aliphatic carbocycles. The Balaban J connectivity index is 2.51. The summed E-state index contributed by atoms with van der Waals surface area (Å²) in [5.74, 6) is -1.60. The van der Waals surface area contributed by atoms with E-state index in [0.29, 0.717) is 12.8 Å². The van der Waals surface area contributed by atoms with Crippen molar-refractivity contribution in [3.8, 4) is 0 Å². The van der Waals surface area contributed by atoms with Gasteiger partial charge in [0.1, 0.15) is 0 Å². The molecule has 1 aliphatic rings. The number of carboxylic acid groups (broad SMARTS) is 1. The molecule has 0 bridgehead atoms. The molecular weight excluding hydrogens is 220 g/mol. The predicted octanol–water partition coefficient (Wildman–Crippen LogP) is 0.179. The van der Waals surface area contributed by atoms with Crippen LogP contribution in [0.25, 0.3) is 0 Å². The number of aliphatic carboxylic acids is 1. The zero-order chi connectivity index (χ0) is 11.5. The highest BCUT2D eigenvalue weighted by Gasteiger charge is 2.30. The molecule has 88 valence electrons. The molecule has 0 aliphatic heterocycles. The lowest BCUT2D eigenvalue weighted by atomic mass is 10.3. The summed E-state index contributed by atoms with van der Waals surface area (Å²) >= 11 is 0. The second-order valence-corrected chi connectivity index (χ2v) is 6.31. The minimum absolute atomic E-state index is 0.374. The Bertz CT molecular complexity index is 315. The zero-order valence-electron chi connectivity index (χ0n) is 8.42. The summed E-state index contributed by atoms with van der Waals surface area (Å²) in [5, 5.41) is 17.3. The summed E-state index contributed by atoms with van der Waals surface area (Å²) in [6, 6.07) is 0. The third kappa shape index (κ3) is 3.79. The molecule has 5 nitrogen and oxygen atoms in total. The average molecular weight is 236 g/mol. The quantitative estimate of drug-likeness (QED) is 0.710. The first-order valence-electron chi connectivity index (χ1n) is 5.03. The first-order valence-corrected chi connectivity index (χ1v) is 6.75. The van der Waals surface area contributed by atoms with Crippen molar-refractivity contribution < 1.29 is 23.4 Å². The first-order chi connectivity index (χ1) is 6.92. The second kappa shape index (κ2) is 4.94. The van der Waals surface area contributed by atoms with E-state index in [-0.39, 0.29) is 5.25 Å². The van der Waals surface area contributed by atoms with Gasteiger partial charge >= 0.3 is 5.97 Å². The third-order valence-electron chi connectivity index (χ3n) is 2.65. The van der Waals surface area contributed by atoms with Gasteiger partial charge in [-0.1, -0.05) is 12.8 Å².